The number of nitrogens with one attached hydrogen (secondary N) is 3. The first-order valence-corrected chi connectivity index (χ1v) is 15.7. The standard InChI is InChI=1S/C33H30F3N5O5S/c34-33(35,36)25-15-26-28(14-23(25)16-37)47-31(39-26)40-32(46)41(24-12-10-21(11-13-24)20-4-2-1-3-5-20)18-19-6-8-22(9-7-19)29(43)38-17-27(42)30(44)45/h6-15,20,27,42H,1-5,17-18H2,(H,38,43)(H,44,45)(H,39,40,46)/p+1/t27-/m1/s1. The molecule has 47 heavy (non-hydrogen) atoms. The van der Waals surface area contributed by atoms with E-state index in [0.29, 0.717) is 21.9 Å². The minimum atomic E-state index is -4.73. The number of nitriles is 1. The van der Waals surface area contributed by atoms with Crippen LogP contribution >= 0.6 is 11.3 Å². The van der Waals surface area contributed by atoms with Crippen LogP contribution in [0.4, 0.5) is 28.8 Å². The summed E-state index contributed by atoms with van der Waals surface area (Å²) in [5, 5.41) is 32.7. The van der Waals surface area contributed by atoms with E-state index in [1.807, 2.05) is 24.3 Å². The van der Waals surface area contributed by atoms with Gasteiger partial charge in [-0.25, -0.2) is 14.6 Å². The third-order valence-corrected chi connectivity index (χ3v) is 9.02. The highest BCUT2D eigenvalue weighted by Gasteiger charge is 2.35. The van der Waals surface area contributed by atoms with E-state index in [9.17, 15) is 37.9 Å². The molecule has 1 saturated carbocycles. The van der Waals surface area contributed by atoms with Crippen LogP contribution < -0.4 is 20.5 Å². The second-order valence-corrected chi connectivity index (χ2v) is 12.3. The van der Waals surface area contributed by atoms with Crippen molar-refractivity contribution in [1.29, 1.82) is 5.26 Å². The second-order valence-electron chi connectivity index (χ2n) is 11.3. The molecule has 0 bridgehead atoms. The fraction of sp³-hybridized carbons (Fsp3) is 0.303. The number of benzene rings is 3. The molecular formula is C33H31F3N5O5S+. The summed E-state index contributed by atoms with van der Waals surface area (Å²) in [6.07, 6.45) is -0.712. The van der Waals surface area contributed by atoms with Crippen molar-refractivity contribution < 1.29 is 42.8 Å². The van der Waals surface area contributed by atoms with Crippen molar-refractivity contribution in [2.45, 2.75) is 56.8 Å². The number of aliphatic hydroxyl groups is 1. The second kappa shape index (κ2) is 14.2. The predicted molar refractivity (Wildman–Crippen MR) is 168 cm³/mol. The number of carboxylic acid groups (broad SMARTS) is 1. The number of rotatable bonds is 9. The van der Waals surface area contributed by atoms with Crippen molar-refractivity contribution in [3.8, 4) is 6.07 Å². The van der Waals surface area contributed by atoms with Gasteiger partial charge in [-0.05, 0) is 77.6 Å². The molecular weight excluding hydrogens is 635 g/mol. The molecule has 3 amide bonds. The molecule has 5 N–H and O–H groups in total. The zero-order valence-electron chi connectivity index (χ0n) is 24.9. The van der Waals surface area contributed by atoms with Gasteiger partial charge in [0, 0.05) is 11.3 Å². The molecule has 1 fully saturated rings. The third-order valence-electron chi connectivity index (χ3n) is 8.05. The number of hydrogen-bond donors (Lipinski definition) is 4. The maximum atomic E-state index is 13.7. The Morgan fingerprint density at radius 1 is 1.04 bits per heavy atom. The number of aromatic amines is 1. The predicted octanol–water partition coefficient (Wildman–Crippen LogP) is 6.07. The van der Waals surface area contributed by atoms with Crippen LogP contribution in [0.5, 0.6) is 0 Å². The summed E-state index contributed by atoms with van der Waals surface area (Å²) in [7, 11) is 0. The molecule has 0 unspecified atom stereocenters. The normalized spacial score (nSPS) is 14.3. The molecule has 0 aliphatic heterocycles. The zero-order valence-corrected chi connectivity index (χ0v) is 25.8. The number of amides is 3. The van der Waals surface area contributed by atoms with E-state index in [4.69, 9.17) is 5.11 Å². The number of halogens is 3. The van der Waals surface area contributed by atoms with Crippen molar-refractivity contribution in [1.82, 2.24) is 5.32 Å². The number of aliphatic hydroxyl groups excluding tert-OH is 1. The van der Waals surface area contributed by atoms with Crippen LogP contribution in [0.15, 0.2) is 60.7 Å². The number of anilines is 2. The summed E-state index contributed by atoms with van der Waals surface area (Å²) in [6, 6.07) is 17.0. The molecule has 244 valence electrons. The van der Waals surface area contributed by atoms with Gasteiger partial charge in [-0.1, -0.05) is 43.5 Å². The van der Waals surface area contributed by atoms with Gasteiger partial charge in [0.2, 0.25) is 0 Å². The first-order chi connectivity index (χ1) is 22.4. The van der Waals surface area contributed by atoms with Crippen LogP contribution in [0.1, 0.15) is 70.6 Å². The van der Waals surface area contributed by atoms with Crippen LogP contribution in [0, 0.1) is 11.3 Å². The van der Waals surface area contributed by atoms with Gasteiger partial charge in [-0.3, -0.25) is 9.69 Å². The Balaban J connectivity index is 1.39. The van der Waals surface area contributed by atoms with Gasteiger partial charge in [0.1, 0.15) is 5.52 Å². The number of aromatic nitrogens is 1. The molecule has 0 saturated heterocycles. The van der Waals surface area contributed by atoms with Crippen molar-refractivity contribution in [3.05, 3.63) is 88.5 Å². The Kier molecular flexibility index (Phi) is 10.1. The molecule has 1 aliphatic carbocycles. The minimum Gasteiger partial charge on any atom is -0.479 e. The fourth-order valence-electron chi connectivity index (χ4n) is 5.53. The first kappa shape index (κ1) is 33.4. The number of carbonyl (C=O) groups excluding carboxylic acids is 2. The van der Waals surface area contributed by atoms with Crippen LogP contribution in [0.3, 0.4) is 0 Å². The number of nitrogens with zero attached hydrogens (tertiary/aromatic N) is 2. The molecule has 4 aromatic rings. The monoisotopic (exact) mass is 666 g/mol. The summed E-state index contributed by atoms with van der Waals surface area (Å²) in [5.41, 5.74) is 1.14. The topological polar surface area (TPSA) is 157 Å². The van der Waals surface area contributed by atoms with Crippen LogP contribution in [0.2, 0.25) is 0 Å². The van der Waals surface area contributed by atoms with Crippen molar-refractivity contribution in [2.75, 3.05) is 16.8 Å². The number of fused-ring (bicyclic) bond motifs is 1. The summed E-state index contributed by atoms with van der Waals surface area (Å²) < 4.78 is 40.9. The maximum absolute atomic E-state index is 13.7. The lowest BCUT2D eigenvalue weighted by atomic mass is 9.84. The minimum absolute atomic E-state index is 0.0654. The lowest BCUT2D eigenvalue weighted by Gasteiger charge is -2.24. The van der Waals surface area contributed by atoms with E-state index in [2.05, 4.69) is 15.6 Å². The van der Waals surface area contributed by atoms with Crippen LogP contribution in [0.25, 0.3) is 10.2 Å². The van der Waals surface area contributed by atoms with Crippen molar-refractivity contribution >= 4 is 50.3 Å². The lowest BCUT2D eigenvalue weighted by Crippen LogP contribution is -2.36. The van der Waals surface area contributed by atoms with Gasteiger partial charge in [0.25, 0.3) is 5.91 Å². The van der Waals surface area contributed by atoms with Gasteiger partial charge in [-0.2, -0.15) is 23.7 Å². The number of thiazole rings is 1. The van der Waals surface area contributed by atoms with E-state index < -0.39 is 47.9 Å². The Morgan fingerprint density at radius 2 is 1.72 bits per heavy atom. The van der Waals surface area contributed by atoms with Gasteiger partial charge >= 0.3 is 23.3 Å². The quantitative estimate of drug-likeness (QED) is 0.170. The number of carbonyl (C=O) groups is 3. The molecule has 0 radical (unpaired) electrons. The number of aliphatic carboxylic acids is 1. The summed E-state index contributed by atoms with van der Waals surface area (Å²) >= 11 is 0.996. The van der Waals surface area contributed by atoms with Crippen molar-refractivity contribution in [2.24, 2.45) is 0 Å². The fourth-order valence-corrected chi connectivity index (χ4v) is 6.45. The summed E-state index contributed by atoms with van der Waals surface area (Å²) in [5.74, 6) is -1.60. The SMILES string of the molecule is N#Cc1cc2sc(NC(=O)N(Cc3ccc(C(=O)NC[C@@H](O)C(=O)O)cc3)c3ccc(C4CCCCC4)cc3)[nH+]c2cc1C(F)(F)F. The molecule has 5 rings (SSSR count). The zero-order chi connectivity index (χ0) is 33.7. The Labute approximate surface area is 271 Å². The first-order valence-electron chi connectivity index (χ1n) is 14.9. The third kappa shape index (κ3) is 8.05. The van der Waals surface area contributed by atoms with Crippen molar-refractivity contribution in [3.63, 3.8) is 0 Å². The van der Waals surface area contributed by atoms with E-state index in [-0.39, 0.29) is 22.8 Å². The summed E-state index contributed by atoms with van der Waals surface area (Å²) in [6.45, 7) is -0.402. The lowest BCUT2D eigenvalue weighted by molar-refractivity contribution is -0.321. The van der Waals surface area contributed by atoms with Gasteiger partial charge in [0.15, 0.2) is 6.10 Å². The average molecular weight is 667 g/mol. The summed E-state index contributed by atoms with van der Waals surface area (Å²) in [4.78, 5) is 41.2. The Bertz CT molecular complexity index is 1810. The van der Waals surface area contributed by atoms with Gasteiger partial charge in [0.05, 0.1) is 35.0 Å². The Morgan fingerprint density at radius 3 is 2.34 bits per heavy atom. The number of urea groups is 1. The van der Waals surface area contributed by atoms with Gasteiger partial charge < -0.3 is 15.5 Å². The molecule has 14 heteroatoms. The highest BCUT2D eigenvalue weighted by molar-refractivity contribution is 7.21. The number of carboxylic acids is 1. The average Bonchev–Trinajstić information content (AvgIpc) is 3.46. The van der Waals surface area contributed by atoms with Gasteiger partial charge in [-0.15, -0.1) is 0 Å². The highest BCUT2D eigenvalue weighted by Crippen LogP contribution is 2.36. The molecule has 1 atom stereocenters. The largest absolute Gasteiger partial charge is 0.479 e. The van der Waals surface area contributed by atoms with E-state index in [1.54, 1.807) is 18.2 Å². The molecule has 1 heterocycles. The molecule has 3 aromatic carbocycles. The number of hydrogen-bond acceptors (Lipinski definition) is 6. The van der Waals surface area contributed by atoms with Crippen LogP contribution in [-0.2, 0) is 17.5 Å². The van der Waals surface area contributed by atoms with Crippen LogP contribution in [-0.4, -0.2) is 40.8 Å². The molecule has 1 aliphatic rings. The number of alkyl halides is 3. The molecule has 1 aromatic heterocycles. The molecule has 0 spiro atoms. The molecule has 10 nitrogen and oxygen atoms in total. The van der Waals surface area contributed by atoms with E-state index >= 15 is 0 Å². The van der Waals surface area contributed by atoms with E-state index in [1.165, 1.54) is 41.9 Å². The highest BCUT2D eigenvalue weighted by atomic mass is 32.1. The maximum Gasteiger partial charge on any atom is 0.417 e. The Hall–Kier alpha value is -5.00. The smallest absolute Gasteiger partial charge is 0.417 e. The van der Waals surface area contributed by atoms with E-state index in [0.717, 1.165) is 36.3 Å². The number of H-pyrrole nitrogens is 1.